The number of hydrogen-bond donors (Lipinski definition) is 2. The summed E-state index contributed by atoms with van der Waals surface area (Å²) in [7, 11) is 0. The molecule has 0 aliphatic heterocycles. The Morgan fingerprint density at radius 2 is 2.20 bits per heavy atom. The Morgan fingerprint density at radius 1 is 1.53 bits per heavy atom. The van der Waals surface area contributed by atoms with E-state index in [4.69, 9.17) is 10.8 Å². The van der Waals surface area contributed by atoms with Crippen LogP contribution in [-0.2, 0) is 16.1 Å². The van der Waals surface area contributed by atoms with Crippen molar-refractivity contribution in [2.24, 2.45) is 5.73 Å². The quantitative estimate of drug-likeness (QED) is 0.700. The second kappa shape index (κ2) is 5.43. The number of carbonyl (C=O) groups is 1. The molecule has 5 heteroatoms. The molecule has 0 bridgehead atoms. The van der Waals surface area contributed by atoms with Crippen LogP contribution < -0.4 is 5.73 Å². The van der Waals surface area contributed by atoms with Crippen molar-refractivity contribution in [3.05, 3.63) is 35.6 Å². The Hall–Kier alpha value is -1.46. The van der Waals surface area contributed by atoms with E-state index in [2.05, 4.69) is 4.74 Å². The van der Waals surface area contributed by atoms with Crippen molar-refractivity contribution in [1.29, 1.82) is 0 Å². The summed E-state index contributed by atoms with van der Waals surface area (Å²) in [6.45, 7) is -0.418. The van der Waals surface area contributed by atoms with Crippen molar-refractivity contribution in [3.8, 4) is 0 Å². The molecule has 4 nitrogen and oxygen atoms in total. The molecule has 0 fully saturated rings. The molecule has 0 saturated carbocycles. The fraction of sp³-hybridized carbons (Fsp3) is 0.300. The summed E-state index contributed by atoms with van der Waals surface area (Å²) in [4.78, 5) is 11.0. The molecule has 0 radical (unpaired) electrons. The fourth-order valence-corrected chi connectivity index (χ4v) is 0.957. The molecule has 0 saturated heterocycles. The van der Waals surface area contributed by atoms with Crippen LogP contribution in [0.15, 0.2) is 24.3 Å². The molecule has 0 aliphatic rings. The molecule has 0 aliphatic carbocycles. The molecule has 1 unspecified atom stereocenters. The molecule has 0 heterocycles. The smallest absolute Gasteiger partial charge is 0.336 e. The Morgan fingerprint density at radius 3 is 2.80 bits per heavy atom. The number of aliphatic hydroxyl groups is 1. The number of halogens is 1. The van der Waals surface area contributed by atoms with E-state index in [-0.39, 0.29) is 18.7 Å². The molecule has 0 spiro atoms. The van der Waals surface area contributed by atoms with Crippen LogP contribution in [-0.4, -0.2) is 23.7 Å². The molecule has 1 aromatic carbocycles. The third-order valence-corrected chi connectivity index (χ3v) is 1.82. The highest BCUT2D eigenvalue weighted by Gasteiger charge is 2.14. The van der Waals surface area contributed by atoms with E-state index in [0.717, 1.165) is 0 Å². The highest BCUT2D eigenvalue weighted by atomic mass is 19.1. The summed E-state index contributed by atoms with van der Waals surface area (Å²) in [6, 6.07) is 5.93. The van der Waals surface area contributed by atoms with Gasteiger partial charge in [0, 0.05) is 12.1 Å². The number of benzene rings is 1. The lowest BCUT2D eigenvalue weighted by molar-refractivity contribution is -0.154. The van der Waals surface area contributed by atoms with Gasteiger partial charge in [-0.25, -0.2) is 9.18 Å². The number of carbonyl (C=O) groups excluding carboxylic acids is 1. The number of ether oxygens (including phenoxy) is 1. The lowest BCUT2D eigenvalue weighted by Gasteiger charge is -2.08. The van der Waals surface area contributed by atoms with Crippen LogP contribution >= 0.6 is 0 Å². The zero-order valence-electron chi connectivity index (χ0n) is 8.02. The van der Waals surface area contributed by atoms with Gasteiger partial charge in [0.05, 0.1) is 0 Å². The first-order valence-electron chi connectivity index (χ1n) is 4.43. The minimum Gasteiger partial charge on any atom is -0.459 e. The normalized spacial score (nSPS) is 12.2. The Kier molecular flexibility index (Phi) is 4.20. The van der Waals surface area contributed by atoms with Gasteiger partial charge in [-0.1, -0.05) is 18.2 Å². The molecule has 0 amide bonds. The van der Waals surface area contributed by atoms with Gasteiger partial charge in [0.2, 0.25) is 0 Å². The van der Waals surface area contributed by atoms with E-state index in [0.29, 0.717) is 0 Å². The van der Waals surface area contributed by atoms with Crippen LogP contribution in [0.4, 0.5) is 4.39 Å². The van der Waals surface area contributed by atoms with E-state index < -0.39 is 17.9 Å². The second-order valence-electron chi connectivity index (χ2n) is 2.95. The average Bonchev–Trinajstić information content (AvgIpc) is 2.26. The third-order valence-electron chi connectivity index (χ3n) is 1.82. The molecule has 1 atom stereocenters. The lowest BCUT2D eigenvalue weighted by Crippen LogP contribution is -2.30. The number of rotatable bonds is 4. The van der Waals surface area contributed by atoms with Crippen LogP contribution in [0, 0.1) is 5.82 Å². The van der Waals surface area contributed by atoms with Gasteiger partial charge < -0.3 is 15.6 Å². The zero-order valence-corrected chi connectivity index (χ0v) is 8.02. The standard InChI is InChI=1S/C10H12FNO3/c11-8-4-2-1-3-7(8)6-15-10(14)9(13)5-12/h1-4,9,13H,5-6,12H2. The molecular weight excluding hydrogens is 201 g/mol. The van der Waals surface area contributed by atoms with Gasteiger partial charge >= 0.3 is 5.97 Å². The van der Waals surface area contributed by atoms with Gasteiger partial charge in [0.1, 0.15) is 12.4 Å². The molecule has 15 heavy (non-hydrogen) atoms. The first-order chi connectivity index (χ1) is 7.15. The molecule has 1 rings (SSSR count). The second-order valence-corrected chi connectivity index (χ2v) is 2.95. The highest BCUT2D eigenvalue weighted by molar-refractivity contribution is 5.74. The monoisotopic (exact) mass is 213 g/mol. The highest BCUT2D eigenvalue weighted by Crippen LogP contribution is 2.07. The van der Waals surface area contributed by atoms with Crippen molar-refractivity contribution in [2.45, 2.75) is 12.7 Å². The van der Waals surface area contributed by atoms with Gasteiger partial charge in [-0.15, -0.1) is 0 Å². The Balaban J connectivity index is 2.51. The van der Waals surface area contributed by atoms with Gasteiger partial charge in [-0.3, -0.25) is 0 Å². The SMILES string of the molecule is NCC(O)C(=O)OCc1ccccc1F. The lowest BCUT2D eigenvalue weighted by atomic mass is 10.2. The van der Waals surface area contributed by atoms with Crippen molar-refractivity contribution in [1.82, 2.24) is 0 Å². The largest absolute Gasteiger partial charge is 0.459 e. The van der Waals surface area contributed by atoms with Gasteiger partial charge in [0.15, 0.2) is 6.10 Å². The maximum absolute atomic E-state index is 13.0. The summed E-state index contributed by atoms with van der Waals surface area (Å²) in [5.74, 6) is -1.30. The maximum atomic E-state index is 13.0. The van der Waals surface area contributed by atoms with Gasteiger partial charge in [-0.2, -0.15) is 0 Å². The zero-order chi connectivity index (χ0) is 11.3. The van der Waals surface area contributed by atoms with Crippen LogP contribution in [0.3, 0.4) is 0 Å². The third kappa shape index (κ3) is 3.30. The van der Waals surface area contributed by atoms with Crippen molar-refractivity contribution in [3.63, 3.8) is 0 Å². The molecule has 1 aromatic rings. The number of hydrogen-bond acceptors (Lipinski definition) is 4. The van der Waals surface area contributed by atoms with Crippen LogP contribution in [0.1, 0.15) is 5.56 Å². The fourth-order valence-electron chi connectivity index (χ4n) is 0.957. The van der Waals surface area contributed by atoms with E-state index in [1.54, 1.807) is 6.07 Å². The molecular formula is C10H12FNO3. The van der Waals surface area contributed by atoms with E-state index in [1.807, 2.05) is 0 Å². The van der Waals surface area contributed by atoms with Crippen LogP contribution in [0.25, 0.3) is 0 Å². The number of nitrogens with two attached hydrogens (primary N) is 1. The van der Waals surface area contributed by atoms with Crippen LogP contribution in [0.5, 0.6) is 0 Å². The maximum Gasteiger partial charge on any atom is 0.336 e. The first kappa shape index (κ1) is 11.6. The summed E-state index contributed by atoms with van der Waals surface area (Å²) >= 11 is 0. The topological polar surface area (TPSA) is 72.5 Å². The predicted molar refractivity (Wildman–Crippen MR) is 51.3 cm³/mol. The summed E-state index contributed by atoms with van der Waals surface area (Å²) in [5.41, 5.74) is 5.31. The first-order valence-corrected chi connectivity index (χ1v) is 4.43. The Bertz CT molecular complexity index is 343. The van der Waals surface area contributed by atoms with E-state index in [9.17, 15) is 9.18 Å². The molecule has 82 valence electrons. The summed E-state index contributed by atoms with van der Waals surface area (Å²) in [5, 5.41) is 8.98. The average molecular weight is 213 g/mol. The van der Waals surface area contributed by atoms with Crippen molar-refractivity contribution >= 4 is 5.97 Å². The van der Waals surface area contributed by atoms with Crippen LogP contribution in [0.2, 0.25) is 0 Å². The van der Waals surface area contributed by atoms with Gasteiger partial charge in [0.25, 0.3) is 0 Å². The van der Waals surface area contributed by atoms with E-state index >= 15 is 0 Å². The van der Waals surface area contributed by atoms with E-state index in [1.165, 1.54) is 18.2 Å². The summed E-state index contributed by atoms with van der Waals surface area (Å²) in [6.07, 6.45) is -1.35. The number of aliphatic hydroxyl groups excluding tert-OH is 1. The molecule has 0 aromatic heterocycles. The van der Waals surface area contributed by atoms with Crippen molar-refractivity contribution < 1.29 is 19.0 Å². The Labute approximate surface area is 86.5 Å². The minimum absolute atomic E-state index is 0.206. The minimum atomic E-state index is -1.35. The summed E-state index contributed by atoms with van der Waals surface area (Å²) < 4.78 is 17.7. The van der Waals surface area contributed by atoms with Gasteiger partial charge in [-0.05, 0) is 6.07 Å². The predicted octanol–water partition coefficient (Wildman–Crippen LogP) is 0.188. The van der Waals surface area contributed by atoms with Crippen molar-refractivity contribution in [2.75, 3.05) is 6.54 Å². The molecule has 3 N–H and O–H groups in total. The number of esters is 1.